The molecule has 0 radical (unpaired) electrons. The Bertz CT molecular complexity index is 112. The van der Waals surface area contributed by atoms with Crippen LogP contribution in [0, 0.1) is 0 Å². The molecule has 10 heavy (non-hydrogen) atoms. The maximum Gasteiger partial charge on any atom is 0.403 e. The van der Waals surface area contributed by atoms with E-state index in [2.05, 4.69) is 4.74 Å². The van der Waals surface area contributed by atoms with Crippen LogP contribution in [0.4, 0.5) is 4.79 Å². The lowest BCUT2D eigenvalue weighted by molar-refractivity contribution is 0.176. The molecule has 3 nitrogen and oxygen atoms in total. The summed E-state index contributed by atoms with van der Waals surface area (Å²) in [6.45, 7) is -0.333. The van der Waals surface area contributed by atoms with Crippen molar-refractivity contribution >= 4 is 51.8 Å². The minimum Gasteiger partial charge on any atom is -0.449 e. The topological polar surface area (TPSA) is 61.3 Å². The maximum absolute atomic E-state index is 9.86. The second-order valence-electron chi connectivity index (χ2n) is 1.14. The number of carbonyl (C=O) groups excluding carboxylic acids is 1. The fourth-order valence-electron chi connectivity index (χ4n) is 0.139. The van der Waals surface area contributed by atoms with Gasteiger partial charge in [-0.2, -0.15) is 0 Å². The van der Waals surface area contributed by atoms with E-state index in [9.17, 15) is 4.79 Å². The molecule has 0 rings (SSSR count). The number of hydrogen-bond acceptors (Lipinski definition) is 3. The lowest BCUT2D eigenvalue weighted by Crippen LogP contribution is -2.13. The molecular weight excluding hydrogens is 224 g/mol. The third kappa shape index (κ3) is 11.4. The van der Waals surface area contributed by atoms with Crippen LogP contribution in [0.3, 0.4) is 0 Å². The Morgan fingerprint density at radius 3 is 1.90 bits per heavy atom. The fraction of sp³-hybridized carbons (Fsp3) is 0.667. The first-order chi connectivity index (χ1) is 3.92. The van der Waals surface area contributed by atoms with Gasteiger partial charge in [0.2, 0.25) is 3.79 Å². The Morgan fingerprint density at radius 1 is 1.40 bits per heavy atom. The molecule has 0 aliphatic carbocycles. The van der Waals surface area contributed by atoms with Crippen molar-refractivity contribution in [3.63, 3.8) is 0 Å². The summed E-state index contributed by atoms with van der Waals surface area (Å²) in [4.78, 5) is 9.86. The second-order valence-corrected chi connectivity index (χ2v) is 3.97. The van der Waals surface area contributed by atoms with Gasteiger partial charge in [-0.1, -0.05) is 34.8 Å². The van der Waals surface area contributed by atoms with Gasteiger partial charge >= 0.3 is 5.43 Å². The second kappa shape index (κ2) is 5.27. The number of ether oxygens (including phenoxy) is 1. The average molecular weight is 229 g/mol. The number of rotatable bonds is 1. The SMILES string of the molecule is N.O=C(Cl)OCC(Cl)(Cl)Cl. The molecule has 62 valence electrons. The number of halogens is 4. The van der Waals surface area contributed by atoms with Crippen LogP contribution in [-0.2, 0) is 4.74 Å². The van der Waals surface area contributed by atoms with Crippen molar-refractivity contribution in [3.05, 3.63) is 0 Å². The van der Waals surface area contributed by atoms with Crippen molar-refractivity contribution < 1.29 is 9.53 Å². The van der Waals surface area contributed by atoms with Gasteiger partial charge < -0.3 is 10.9 Å². The highest BCUT2D eigenvalue weighted by molar-refractivity contribution is 6.68. The normalized spacial score (nSPS) is 10.0. The molecule has 0 aromatic rings. The highest BCUT2D eigenvalue weighted by Crippen LogP contribution is 2.25. The molecule has 0 saturated heterocycles. The van der Waals surface area contributed by atoms with Gasteiger partial charge in [0.15, 0.2) is 0 Å². The predicted molar refractivity (Wildman–Crippen MR) is 42.5 cm³/mol. The summed E-state index contributed by atoms with van der Waals surface area (Å²) in [6, 6.07) is 0. The highest BCUT2D eigenvalue weighted by Gasteiger charge is 2.21. The van der Waals surface area contributed by atoms with E-state index in [1.807, 2.05) is 0 Å². The van der Waals surface area contributed by atoms with Gasteiger partial charge in [0, 0.05) is 11.6 Å². The molecule has 0 saturated carbocycles. The van der Waals surface area contributed by atoms with Gasteiger partial charge in [-0.05, 0) is 0 Å². The van der Waals surface area contributed by atoms with E-state index in [0.717, 1.165) is 0 Å². The molecule has 0 aliphatic rings. The van der Waals surface area contributed by atoms with Gasteiger partial charge in [-0.25, -0.2) is 4.79 Å². The third-order valence-electron chi connectivity index (χ3n) is 0.349. The van der Waals surface area contributed by atoms with E-state index >= 15 is 0 Å². The Balaban J connectivity index is 0. The van der Waals surface area contributed by atoms with Crippen LogP contribution in [-0.4, -0.2) is 15.8 Å². The van der Waals surface area contributed by atoms with Crippen molar-refractivity contribution in [1.82, 2.24) is 6.15 Å². The fourth-order valence-corrected chi connectivity index (χ4v) is 0.357. The van der Waals surface area contributed by atoms with Crippen molar-refractivity contribution in [2.24, 2.45) is 0 Å². The average Bonchev–Trinajstić information content (AvgIpc) is 1.59. The van der Waals surface area contributed by atoms with Gasteiger partial charge in [0.1, 0.15) is 6.61 Å². The van der Waals surface area contributed by atoms with Crippen LogP contribution in [0.1, 0.15) is 0 Å². The van der Waals surface area contributed by atoms with E-state index in [4.69, 9.17) is 46.4 Å². The molecule has 0 atom stereocenters. The predicted octanol–water partition coefficient (Wildman–Crippen LogP) is 2.89. The molecule has 0 aromatic heterocycles. The Kier molecular flexibility index (Phi) is 6.95. The molecule has 3 N–H and O–H groups in total. The molecule has 0 unspecified atom stereocenters. The van der Waals surface area contributed by atoms with Crippen molar-refractivity contribution in [2.45, 2.75) is 3.79 Å². The summed E-state index contributed by atoms with van der Waals surface area (Å²) in [6.07, 6.45) is 0. The zero-order valence-electron chi connectivity index (χ0n) is 4.74. The zero-order valence-corrected chi connectivity index (χ0v) is 7.77. The van der Waals surface area contributed by atoms with Crippen LogP contribution in [0.15, 0.2) is 0 Å². The zero-order chi connectivity index (χ0) is 7.49. The van der Waals surface area contributed by atoms with E-state index in [1.54, 1.807) is 0 Å². The lowest BCUT2D eigenvalue weighted by atomic mass is 10.8. The largest absolute Gasteiger partial charge is 0.449 e. The van der Waals surface area contributed by atoms with E-state index < -0.39 is 9.22 Å². The molecule has 0 bridgehead atoms. The summed E-state index contributed by atoms with van der Waals surface area (Å²) in [7, 11) is 0. The minimum atomic E-state index is -1.58. The smallest absolute Gasteiger partial charge is 0.403 e. The number of carbonyl (C=O) groups is 1. The quantitative estimate of drug-likeness (QED) is 0.555. The van der Waals surface area contributed by atoms with E-state index in [1.165, 1.54) is 0 Å². The summed E-state index contributed by atoms with van der Waals surface area (Å²) in [5.74, 6) is 0. The Labute approximate surface area is 78.1 Å². The van der Waals surface area contributed by atoms with Crippen LogP contribution in [0.2, 0.25) is 0 Å². The summed E-state index contributed by atoms with van der Waals surface area (Å²) in [5, 5.41) is 0. The maximum atomic E-state index is 9.86. The van der Waals surface area contributed by atoms with Crippen LogP contribution in [0.25, 0.3) is 0 Å². The molecule has 0 aromatic carbocycles. The van der Waals surface area contributed by atoms with Gasteiger partial charge in [-0.3, -0.25) is 0 Å². The monoisotopic (exact) mass is 227 g/mol. The van der Waals surface area contributed by atoms with Crippen molar-refractivity contribution in [2.75, 3.05) is 6.61 Å². The van der Waals surface area contributed by atoms with Gasteiger partial charge in [-0.15, -0.1) is 0 Å². The Hall–Kier alpha value is 0.590. The molecule has 0 fully saturated rings. The van der Waals surface area contributed by atoms with Crippen LogP contribution in [0.5, 0.6) is 0 Å². The first-order valence-electron chi connectivity index (χ1n) is 1.81. The molecule has 0 spiro atoms. The third-order valence-corrected chi connectivity index (χ3v) is 0.786. The lowest BCUT2D eigenvalue weighted by Gasteiger charge is -2.07. The molecule has 0 heterocycles. The van der Waals surface area contributed by atoms with Crippen LogP contribution < -0.4 is 6.15 Å². The van der Waals surface area contributed by atoms with Gasteiger partial charge in [0.25, 0.3) is 0 Å². The van der Waals surface area contributed by atoms with Crippen LogP contribution >= 0.6 is 46.4 Å². The van der Waals surface area contributed by atoms with Crippen molar-refractivity contribution in [3.8, 4) is 0 Å². The molecular formula is C3H5Cl4NO2. The summed E-state index contributed by atoms with van der Waals surface area (Å²) < 4.78 is 2.56. The minimum absolute atomic E-state index is 0. The summed E-state index contributed by atoms with van der Waals surface area (Å²) in [5.41, 5.74) is -0.985. The molecule has 7 heteroatoms. The van der Waals surface area contributed by atoms with E-state index in [0.29, 0.717) is 0 Å². The van der Waals surface area contributed by atoms with Gasteiger partial charge in [0.05, 0.1) is 0 Å². The van der Waals surface area contributed by atoms with E-state index in [-0.39, 0.29) is 12.8 Å². The first kappa shape index (κ1) is 13.2. The Morgan fingerprint density at radius 2 is 1.80 bits per heavy atom. The number of alkyl halides is 3. The standard InChI is InChI=1S/C3H2Cl4O2.H3N/c4-2(8)9-1-3(5,6)7;/h1H2;1H3. The van der Waals surface area contributed by atoms with Crippen molar-refractivity contribution in [1.29, 1.82) is 0 Å². The highest BCUT2D eigenvalue weighted by atomic mass is 35.6. The number of hydrogen-bond donors (Lipinski definition) is 1. The first-order valence-corrected chi connectivity index (χ1v) is 3.32. The molecule has 0 aliphatic heterocycles. The summed E-state index contributed by atoms with van der Waals surface area (Å²) >= 11 is 20.3. The molecule has 0 amide bonds.